The third-order valence-corrected chi connectivity index (χ3v) is 4.66. The molecule has 0 radical (unpaired) electrons. The van der Waals surface area contributed by atoms with E-state index in [-0.39, 0.29) is 28.8 Å². The van der Waals surface area contributed by atoms with Gasteiger partial charge >= 0.3 is 0 Å². The standard InChI is InChI=1S/C16H14ClFN4O2S/c1-8-4-12-14(20-8)15(24)22-16(21-12)25-7-13(23)19-6-9-2-3-10(18)5-11(9)17/h2-5,20H,6-7H2,1H3,(H,19,23)(H,21,22,24). The van der Waals surface area contributed by atoms with Gasteiger partial charge in [0.15, 0.2) is 5.16 Å². The minimum atomic E-state index is -0.430. The van der Waals surface area contributed by atoms with Crippen molar-refractivity contribution in [3.63, 3.8) is 0 Å². The fourth-order valence-electron chi connectivity index (χ4n) is 2.24. The Morgan fingerprint density at radius 2 is 2.16 bits per heavy atom. The van der Waals surface area contributed by atoms with E-state index in [2.05, 4.69) is 20.3 Å². The lowest BCUT2D eigenvalue weighted by atomic mass is 10.2. The molecule has 9 heteroatoms. The summed E-state index contributed by atoms with van der Waals surface area (Å²) in [5, 5.41) is 3.32. The van der Waals surface area contributed by atoms with Crippen molar-refractivity contribution in [2.75, 3.05) is 5.75 Å². The number of carbonyl (C=O) groups excluding carboxylic acids is 1. The molecular formula is C16H14ClFN4O2S. The second-order valence-electron chi connectivity index (χ2n) is 5.38. The lowest BCUT2D eigenvalue weighted by Gasteiger charge is -2.07. The van der Waals surface area contributed by atoms with Gasteiger partial charge in [-0.2, -0.15) is 0 Å². The zero-order valence-electron chi connectivity index (χ0n) is 13.2. The molecule has 0 spiro atoms. The number of aromatic nitrogens is 3. The van der Waals surface area contributed by atoms with Gasteiger partial charge in [0.25, 0.3) is 5.56 Å². The minimum absolute atomic E-state index is 0.0800. The molecule has 1 aromatic carbocycles. The first-order valence-electron chi connectivity index (χ1n) is 7.35. The van der Waals surface area contributed by atoms with E-state index in [1.54, 1.807) is 6.07 Å². The van der Waals surface area contributed by atoms with Crippen LogP contribution in [0.4, 0.5) is 4.39 Å². The van der Waals surface area contributed by atoms with Crippen molar-refractivity contribution >= 4 is 40.3 Å². The van der Waals surface area contributed by atoms with E-state index in [1.165, 1.54) is 18.2 Å². The molecule has 0 fully saturated rings. The van der Waals surface area contributed by atoms with Gasteiger partial charge in [-0.25, -0.2) is 9.37 Å². The summed E-state index contributed by atoms with van der Waals surface area (Å²) in [4.78, 5) is 33.8. The second kappa shape index (κ2) is 7.28. The van der Waals surface area contributed by atoms with E-state index in [1.807, 2.05) is 6.92 Å². The molecule has 0 saturated heterocycles. The van der Waals surface area contributed by atoms with Gasteiger partial charge in [0.2, 0.25) is 5.91 Å². The molecule has 2 aromatic heterocycles. The monoisotopic (exact) mass is 380 g/mol. The van der Waals surface area contributed by atoms with Crippen LogP contribution in [0.15, 0.2) is 34.2 Å². The first-order valence-corrected chi connectivity index (χ1v) is 8.72. The molecule has 0 saturated carbocycles. The van der Waals surface area contributed by atoms with Crippen molar-refractivity contribution in [3.05, 3.63) is 56.7 Å². The maximum atomic E-state index is 13.0. The molecule has 3 rings (SSSR count). The van der Waals surface area contributed by atoms with Gasteiger partial charge in [0.1, 0.15) is 11.3 Å². The molecule has 3 N–H and O–H groups in total. The molecular weight excluding hydrogens is 367 g/mol. The summed E-state index contributed by atoms with van der Waals surface area (Å²) in [5.41, 5.74) is 2.15. The summed E-state index contributed by atoms with van der Waals surface area (Å²) in [5.74, 6) is -0.601. The maximum Gasteiger partial charge on any atom is 0.275 e. The van der Waals surface area contributed by atoms with E-state index in [0.29, 0.717) is 21.8 Å². The zero-order chi connectivity index (χ0) is 18.0. The number of rotatable bonds is 5. The molecule has 0 aliphatic rings. The van der Waals surface area contributed by atoms with Crippen LogP contribution in [0.3, 0.4) is 0 Å². The number of aryl methyl sites for hydroxylation is 1. The largest absolute Gasteiger partial charge is 0.353 e. The van der Waals surface area contributed by atoms with Crippen LogP contribution in [0.25, 0.3) is 11.0 Å². The Morgan fingerprint density at radius 3 is 2.92 bits per heavy atom. The molecule has 0 unspecified atom stereocenters. The number of nitrogens with one attached hydrogen (secondary N) is 3. The second-order valence-corrected chi connectivity index (χ2v) is 6.76. The van der Waals surface area contributed by atoms with Crippen molar-refractivity contribution in [1.82, 2.24) is 20.3 Å². The SMILES string of the molecule is Cc1cc2nc(SCC(=O)NCc3ccc(F)cc3Cl)[nH]c(=O)c2[nH]1. The zero-order valence-corrected chi connectivity index (χ0v) is 14.7. The van der Waals surface area contributed by atoms with Crippen LogP contribution in [-0.4, -0.2) is 26.6 Å². The van der Waals surface area contributed by atoms with Crippen LogP contribution in [0.1, 0.15) is 11.3 Å². The molecule has 0 atom stereocenters. The van der Waals surface area contributed by atoms with Crippen LogP contribution >= 0.6 is 23.4 Å². The molecule has 1 amide bonds. The highest BCUT2D eigenvalue weighted by Crippen LogP contribution is 2.18. The highest BCUT2D eigenvalue weighted by Gasteiger charge is 2.10. The number of benzene rings is 1. The highest BCUT2D eigenvalue weighted by molar-refractivity contribution is 7.99. The van der Waals surface area contributed by atoms with E-state index in [0.717, 1.165) is 17.5 Å². The van der Waals surface area contributed by atoms with Gasteiger partial charge in [-0.05, 0) is 30.7 Å². The maximum absolute atomic E-state index is 13.0. The van der Waals surface area contributed by atoms with Gasteiger partial charge in [-0.3, -0.25) is 14.6 Å². The number of amides is 1. The Bertz CT molecular complexity index is 1000. The molecule has 2 heterocycles. The molecule has 3 aromatic rings. The summed E-state index contributed by atoms with van der Waals surface area (Å²) < 4.78 is 13.0. The number of carbonyl (C=O) groups is 1. The molecule has 0 aliphatic heterocycles. The topological polar surface area (TPSA) is 90.6 Å². The van der Waals surface area contributed by atoms with Gasteiger partial charge < -0.3 is 10.3 Å². The first-order chi connectivity index (χ1) is 11.9. The molecule has 0 aliphatic carbocycles. The highest BCUT2D eigenvalue weighted by atomic mass is 35.5. The van der Waals surface area contributed by atoms with Crippen molar-refractivity contribution in [2.24, 2.45) is 0 Å². The lowest BCUT2D eigenvalue weighted by Crippen LogP contribution is -2.25. The van der Waals surface area contributed by atoms with Gasteiger partial charge in [-0.15, -0.1) is 0 Å². The number of nitrogens with zero attached hydrogens (tertiary/aromatic N) is 1. The van der Waals surface area contributed by atoms with E-state index < -0.39 is 5.82 Å². The summed E-state index contributed by atoms with van der Waals surface area (Å²) >= 11 is 7.03. The number of halogens is 2. The Kier molecular flexibility index (Phi) is 5.10. The average molecular weight is 381 g/mol. The van der Waals surface area contributed by atoms with Crippen molar-refractivity contribution in [2.45, 2.75) is 18.6 Å². The number of aromatic amines is 2. The fraction of sp³-hybridized carbons (Fsp3) is 0.188. The van der Waals surface area contributed by atoms with Gasteiger partial charge in [-0.1, -0.05) is 29.4 Å². The van der Waals surface area contributed by atoms with Crippen LogP contribution in [0, 0.1) is 12.7 Å². The van der Waals surface area contributed by atoms with Crippen LogP contribution in [-0.2, 0) is 11.3 Å². The minimum Gasteiger partial charge on any atom is -0.353 e. The quantitative estimate of drug-likeness (QED) is 0.469. The fourth-order valence-corrected chi connectivity index (χ4v) is 3.18. The predicted octanol–water partition coefficient (Wildman–Crippen LogP) is 2.76. The Labute approximate surface area is 151 Å². The van der Waals surface area contributed by atoms with Gasteiger partial charge in [0, 0.05) is 17.3 Å². The van der Waals surface area contributed by atoms with Crippen molar-refractivity contribution < 1.29 is 9.18 Å². The molecule has 25 heavy (non-hydrogen) atoms. The van der Waals surface area contributed by atoms with Crippen LogP contribution in [0.5, 0.6) is 0 Å². The third kappa shape index (κ3) is 4.21. The van der Waals surface area contributed by atoms with E-state index in [9.17, 15) is 14.0 Å². The summed E-state index contributed by atoms with van der Waals surface area (Å²) in [6, 6.07) is 5.77. The normalized spacial score (nSPS) is 11.0. The molecule has 0 bridgehead atoms. The summed E-state index contributed by atoms with van der Waals surface area (Å²) in [6.45, 7) is 2.03. The Hall–Kier alpha value is -2.32. The number of hydrogen-bond donors (Lipinski definition) is 3. The van der Waals surface area contributed by atoms with Crippen molar-refractivity contribution in [3.8, 4) is 0 Å². The smallest absolute Gasteiger partial charge is 0.275 e. The van der Waals surface area contributed by atoms with Crippen molar-refractivity contribution in [1.29, 1.82) is 0 Å². The number of H-pyrrole nitrogens is 2. The van der Waals surface area contributed by atoms with E-state index in [4.69, 9.17) is 11.6 Å². The third-order valence-electron chi connectivity index (χ3n) is 3.43. The number of thioether (sulfide) groups is 1. The first kappa shape index (κ1) is 17.5. The molecule has 6 nitrogen and oxygen atoms in total. The average Bonchev–Trinajstić information content (AvgIpc) is 2.93. The Morgan fingerprint density at radius 1 is 1.36 bits per heavy atom. The Balaban J connectivity index is 1.59. The number of hydrogen-bond acceptors (Lipinski definition) is 4. The predicted molar refractivity (Wildman–Crippen MR) is 95.4 cm³/mol. The number of fused-ring (bicyclic) bond motifs is 1. The molecule has 130 valence electrons. The lowest BCUT2D eigenvalue weighted by molar-refractivity contribution is -0.118. The van der Waals surface area contributed by atoms with Crippen LogP contribution < -0.4 is 10.9 Å². The van der Waals surface area contributed by atoms with Crippen LogP contribution in [0.2, 0.25) is 5.02 Å². The summed E-state index contributed by atoms with van der Waals surface area (Å²) in [7, 11) is 0. The summed E-state index contributed by atoms with van der Waals surface area (Å²) in [6.07, 6.45) is 0. The van der Waals surface area contributed by atoms with Gasteiger partial charge in [0.05, 0.1) is 11.3 Å². The van der Waals surface area contributed by atoms with E-state index >= 15 is 0 Å².